The molecule has 1 aliphatic rings. The zero-order valence-corrected chi connectivity index (χ0v) is 18.4. The summed E-state index contributed by atoms with van der Waals surface area (Å²) in [4.78, 5) is 24.5. The van der Waals surface area contributed by atoms with Crippen LogP contribution in [0.25, 0.3) is 11.4 Å². The lowest BCUT2D eigenvalue weighted by molar-refractivity contribution is 0.0985. The number of nitrogens with one attached hydrogen (secondary N) is 1. The molecule has 0 bridgehead atoms. The second-order valence-corrected chi connectivity index (χ2v) is 9.77. The summed E-state index contributed by atoms with van der Waals surface area (Å²) in [6.07, 6.45) is 1.19. The second-order valence-electron chi connectivity index (χ2n) is 7.63. The molecule has 3 rings (SSSR count). The normalized spacial score (nSPS) is 16.9. The Hall–Kier alpha value is -2.72. The average molecular weight is 434 g/mol. The van der Waals surface area contributed by atoms with Crippen LogP contribution in [0.5, 0.6) is 0 Å². The van der Waals surface area contributed by atoms with Crippen molar-refractivity contribution in [1.82, 2.24) is 14.9 Å². The van der Waals surface area contributed by atoms with Gasteiger partial charge in [0.1, 0.15) is 5.82 Å². The highest BCUT2D eigenvalue weighted by atomic mass is 32.2. The van der Waals surface area contributed by atoms with E-state index < -0.39 is 9.84 Å². The van der Waals surface area contributed by atoms with Crippen molar-refractivity contribution in [2.24, 2.45) is 0 Å². The van der Waals surface area contributed by atoms with E-state index in [-0.39, 0.29) is 17.8 Å². The van der Waals surface area contributed by atoms with Crippen molar-refractivity contribution in [3.63, 3.8) is 0 Å². The first-order valence-corrected chi connectivity index (χ1v) is 11.7. The van der Waals surface area contributed by atoms with Crippen LogP contribution >= 0.6 is 0 Å². The van der Waals surface area contributed by atoms with Gasteiger partial charge in [-0.25, -0.2) is 23.2 Å². The molecule has 2 amide bonds. The molecule has 0 radical (unpaired) electrons. The van der Waals surface area contributed by atoms with Crippen molar-refractivity contribution >= 4 is 27.4 Å². The fourth-order valence-electron chi connectivity index (χ4n) is 3.11. The van der Waals surface area contributed by atoms with Crippen LogP contribution in [-0.4, -0.2) is 75.5 Å². The van der Waals surface area contributed by atoms with Crippen LogP contribution in [0.15, 0.2) is 30.3 Å². The number of nitrogens with zero attached hydrogens (tertiary/aromatic N) is 4. The number of sulfone groups is 1. The highest BCUT2D eigenvalue weighted by Crippen LogP contribution is 2.25. The van der Waals surface area contributed by atoms with E-state index >= 15 is 0 Å². The molecule has 1 aromatic carbocycles. The predicted octanol–water partition coefficient (Wildman–Crippen LogP) is 2.01. The lowest BCUT2D eigenvalue weighted by atomic mass is 10.2. The molecule has 1 atom stereocenters. The van der Waals surface area contributed by atoms with Gasteiger partial charge >= 0.3 is 6.03 Å². The number of hydrogen-bond donors (Lipinski definition) is 1. The summed E-state index contributed by atoms with van der Waals surface area (Å²) < 4.78 is 29.2. The Labute approximate surface area is 177 Å². The fraction of sp³-hybridized carbons (Fsp3) is 0.450. The van der Waals surface area contributed by atoms with Gasteiger partial charge in [0.25, 0.3) is 0 Å². The van der Waals surface area contributed by atoms with Gasteiger partial charge in [-0.1, -0.05) is 0 Å². The zero-order chi connectivity index (χ0) is 21.9. The SMILES string of the molecule is C[C@H]1COCCN1c1cc(CS(C)(=O)=O)nc(-c2ccc(NC(=O)N(C)C)cc2)n1. The third kappa shape index (κ3) is 5.67. The summed E-state index contributed by atoms with van der Waals surface area (Å²) in [6.45, 7) is 3.89. The maximum Gasteiger partial charge on any atom is 0.321 e. The van der Waals surface area contributed by atoms with Crippen molar-refractivity contribution in [2.75, 3.05) is 50.3 Å². The number of rotatable bonds is 5. The van der Waals surface area contributed by atoms with Crippen LogP contribution in [0.4, 0.5) is 16.3 Å². The van der Waals surface area contributed by atoms with E-state index in [2.05, 4.69) is 15.2 Å². The number of ether oxygens (including phenoxy) is 1. The Morgan fingerprint density at radius 3 is 2.57 bits per heavy atom. The highest BCUT2D eigenvalue weighted by Gasteiger charge is 2.22. The van der Waals surface area contributed by atoms with Crippen LogP contribution in [0, 0.1) is 0 Å². The molecule has 0 spiro atoms. The van der Waals surface area contributed by atoms with E-state index in [0.29, 0.717) is 42.8 Å². The maximum atomic E-state index is 11.9. The van der Waals surface area contributed by atoms with E-state index in [9.17, 15) is 13.2 Å². The lowest BCUT2D eigenvalue weighted by Crippen LogP contribution is -2.44. The molecule has 9 nitrogen and oxygen atoms in total. The number of carbonyl (C=O) groups is 1. The molecule has 162 valence electrons. The standard InChI is InChI=1S/C20H27N5O4S/c1-14-12-29-10-9-25(14)18-11-17(13-30(4,27)28)21-19(23-18)15-5-7-16(8-6-15)22-20(26)24(2)3/h5-8,11,14H,9-10,12-13H2,1-4H3,(H,22,26)/t14-/m0/s1. The first-order valence-electron chi connectivity index (χ1n) is 9.61. The van der Waals surface area contributed by atoms with E-state index in [1.807, 2.05) is 6.92 Å². The molecule has 0 unspecified atom stereocenters. The lowest BCUT2D eigenvalue weighted by Gasteiger charge is -2.34. The van der Waals surface area contributed by atoms with Crippen molar-refractivity contribution in [3.8, 4) is 11.4 Å². The molecule has 30 heavy (non-hydrogen) atoms. The maximum absolute atomic E-state index is 11.9. The molecule has 1 aliphatic heterocycles. The monoisotopic (exact) mass is 433 g/mol. The van der Waals surface area contributed by atoms with Crippen molar-refractivity contribution in [1.29, 1.82) is 0 Å². The molecule has 1 N–H and O–H groups in total. The summed E-state index contributed by atoms with van der Waals surface area (Å²) >= 11 is 0. The smallest absolute Gasteiger partial charge is 0.321 e. The number of benzene rings is 1. The van der Waals surface area contributed by atoms with Gasteiger partial charge in [-0.2, -0.15) is 0 Å². The number of hydrogen-bond acceptors (Lipinski definition) is 7. The first-order chi connectivity index (χ1) is 14.1. The summed E-state index contributed by atoms with van der Waals surface area (Å²) in [5.74, 6) is 0.959. The molecule has 0 saturated carbocycles. The molecular weight excluding hydrogens is 406 g/mol. The second kappa shape index (κ2) is 8.97. The van der Waals surface area contributed by atoms with Crippen LogP contribution in [0.2, 0.25) is 0 Å². The molecule has 0 aliphatic carbocycles. The number of urea groups is 1. The quantitative estimate of drug-likeness (QED) is 0.769. The fourth-order valence-corrected chi connectivity index (χ4v) is 3.79. The third-order valence-corrected chi connectivity index (χ3v) is 5.46. The van der Waals surface area contributed by atoms with Gasteiger partial charge in [0, 0.05) is 44.2 Å². The summed E-state index contributed by atoms with van der Waals surface area (Å²) in [5.41, 5.74) is 1.82. The van der Waals surface area contributed by atoms with Gasteiger partial charge in [0.15, 0.2) is 15.7 Å². The largest absolute Gasteiger partial charge is 0.377 e. The van der Waals surface area contributed by atoms with Gasteiger partial charge in [-0.15, -0.1) is 0 Å². The Kier molecular flexibility index (Phi) is 6.57. The number of morpholine rings is 1. The number of carbonyl (C=O) groups excluding carboxylic acids is 1. The van der Waals surface area contributed by atoms with Crippen molar-refractivity contribution in [2.45, 2.75) is 18.7 Å². The first kappa shape index (κ1) is 22.0. The minimum absolute atomic E-state index is 0.121. The van der Waals surface area contributed by atoms with E-state index in [4.69, 9.17) is 9.72 Å². The molecule has 1 saturated heterocycles. The van der Waals surface area contributed by atoms with Gasteiger partial charge in [0.2, 0.25) is 0 Å². The van der Waals surface area contributed by atoms with Gasteiger partial charge in [-0.3, -0.25) is 0 Å². The highest BCUT2D eigenvalue weighted by molar-refractivity contribution is 7.89. The minimum Gasteiger partial charge on any atom is -0.377 e. The van der Waals surface area contributed by atoms with Gasteiger partial charge < -0.3 is 19.9 Å². The molecular formula is C20H27N5O4S. The van der Waals surface area contributed by atoms with E-state index in [1.54, 1.807) is 44.4 Å². The molecule has 2 aromatic rings. The Bertz CT molecular complexity index is 1010. The summed E-state index contributed by atoms with van der Waals surface area (Å²) in [7, 11) is 0.0802. The summed E-state index contributed by atoms with van der Waals surface area (Å²) in [6, 6.07) is 8.77. The molecule has 1 aromatic heterocycles. The number of amides is 2. The van der Waals surface area contributed by atoms with Crippen LogP contribution in [0.1, 0.15) is 12.6 Å². The van der Waals surface area contributed by atoms with E-state index in [0.717, 1.165) is 5.56 Å². The zero-order valence-electron chi connectivity index (χ0n) is 17.6. The third-order valence-electron chi connectivity index (χ3n) is 4.64. The van der Waals surface area contributed by atoms with Crippen molar-refractivity contribution < 1.29 is 17.9 Å². The van der Waals surface area contributed by atoms with Crippen molar-refractivity contribution in [3.05, 3.63) is 36.0 Å². The van der Waals surface area contributed by atoms with E-state index in [1.165, 1.54) is 11.2 Å². The number of aromatic nitrogens is 2. The Morgan fingerprint density at radius 2 is 1.97 bits per heavy atom. The molecule has 10 heteroatoms. The molecule has 1 fully saturated rings. The minimum atomic E-state index is -3.25. The predicted molar refractivity (Wildman–Crippen MR) is 116 cm³/mol. The van der Waals surface area contributed by atoms with Gasteiger partial charge in [-0.05, 0) is 31.2 Å². The average Bonchev–Trinajstić information content (AvgIpc) is 2.67. The van der Waals surface area contributed by atoms with Crippen LogP contribution < -0.4 is 10.2 Å². The Balaban J connectivity index is 1.95. The van der Waals surface area contributed by atoms with Crippen LogP contribution in [-0.2, 0) is 20.3 Å². The molecule has 2 heterocycles. The van der Waals surface area contributed by atoms with Crippen LogP contribution in [0.3, 0.4) is 0 Å². The summed E-state index contributed by atoms with van der Waals surface area (Å²) in [5, 5.41) is 2.78. The number of anilines is 2. The topological polar surface area (TPSA) is 105 Å². The Morgan fingerprint density at radius 1 is 1.27 bits per heavy atom. The van der Waals surface area contributed by atoms with Gasteiger partial charge in [0.05, 0.1) is 30.7 Å².